The first kappa shape index (κ1) is 25.4. The molecule has 7 rings (SSSR count). The lowest BCUT2D eigenvalue weighted by molar-refractivity contribution is -0.212. The van der Waals surface area contributed by atoms with Crippen molar-refractivity contribution in [1.29, 1.82) is 0 Å². The van der Waals surface area contributed by atoms with Gasteiger partial charge in [0.05, 0.1) is 0 Å². The highest BCUT2D eigenvalue weighted by Crippen LogP contribution is 2.60. The lowest BCUT2D eigenvalue weighted by atomic mass is 9.49. The van der Waals surface area contributed by atoms with Gasteiger partial charge in [0.15, 0.2) is 6.61 Å². The second kappa shape index (κ2) is 10.4. The van der Waals surface area contributed by atoms with Crippen molar-refractivity contribution in [1.82, 2.24) is 0 Å². The summed E-state index contributed by atoms with van der Waals surface area (Å²) in [5, 5.41) is 0. The van der Waals surface area contributed by atoms with Crippen LogP contribution in [0.4, 0.5) is 8.78 Å². The van der Waals surface area contributed by atoms with Crippen molar-refractivity contribution in [2.75, 3.05) is 6.61 Å². The average molecular weight is 537 g/mol. The number of esters is 1. The summed E-state index contributed by atoms with van der Waals surface area (Å²) in [4.78, 5) is 15.9. The molecule has 4 bridgehead atoms. The Morgan fingerprint density at radius 3 is 1.66 bits per heavy atom. The summed E-state index contributed by atoms with van der Waals surface area (Å²) in [5.74, 6) is 2.34. The van der Waals surface area contributed by atoms with Gasteiger partial charge in [-0.2, -0.15) is 10.9 Å². The smallest absolute Gasteiger partial charge is 0.344 e. The van der Waals surface area contributed by atoms with Crippen LogP contribution in [0.5, 0.6) is 5.75 Å². The Bertz CT molecular complexity index is 1200. The number of hydrogen-bond acceptors (Lipinski definition) is 3. The van der Waals surface area contributed by atoms with Gasteiger partial charge in [-0.3, -0.25) is 0 Å². The van der Waals surface area contributed by atoms with Gasteiger partial charge < -0.3 is 9.47 Å². The molecule has 0 aromatic heterocycles. The molecule has 0 saturated heterocycles. The molecule has 3 aromatic carbocycles. The summed E-state index contributed by atoms with van der Waals surface area (Å²) in [6.45, 7) is 2.05. The van der Waals surface area contributed by atoms with E-state index in [9.17, 15) is 13.6 Å². The van der Waals surface area contributed by atoms with Crippen molar-refractivity contribution in [2.24, 2.45) is 23.7 Å². The van der Waals surface area contributed by atoms with E-state index in [2.05, 4.69) is 6.92 Å². The lowest BCUT2D eigenvalue weighted by Gasteiger charge is -2.60. The molecule has 3 nitrogen and oxygen atoms in total. The minimum absolute atomic E-state index is 0.113. The van der Waals surface area contributed by atoms with Gasteiger partial charge in [0.25, 0.3) is 0 Å². The maximum atomic E-state index is 13.6. The molecule has 4 saturated carbocycles. The van der Waals surface area contributed by atoms with E-state index in [0.29, 0.717) is 17.6 Å². The number of ether oxygens (including phenoxy) is 2. The Balaban J connectivity index is 1.14. The normalized spacial score (nSPS) is 27.7. The van der Waals surface area contributed by atoms with Gasteiger partial charge in [-0.15, -0.1) is 0 Å². The third-order valence-corrected chi connectivity index (χ3v) is 11.4. The molecule has 4 fully saturated rings. The van der Waals surface area contributed by atoms with Crippen LogP contribution >= 0.6 is 10.9 Å². The first-order valence-corrected chi connectivity index (χ1v) is 15.0. The van der Waals surface area contributed by atoms with Crippen LogP contribution in [0.25, 0.3) is 0 Å². The predicted octanol–water partition coefficient (Wildman–Crippen LogP) is 7.97. The van der Waals surface area contributed by atoms with Gasteiger partial charge in [-0.25, -0.2) is 13.6 Å². The quantitative estimate of drug-likeness (QED) is 0.234. The van der Waals surface area contributed by atoms with E-state index in [-0.39, 0.29) is 29.8 Å². The van der Waals surface area contributed by atoms with E-state index < -0.39 is 10.9 Å². The fourth-order valence-electron chi connectivity index (χ4n) is 7.50. The Morgan fingerprint density at radius 1 is 0.763 bits per heavy atom. The molecule has 0 aliphatic heterocycles. The largest absolute Gasteiger partial charge is 0.482 e. The van der Waals surface area contributed by atoms with Gasteiger partial charge in [0.2, 0.25) is 0 Å². The molecule has 38 heavy (non-hydrogen) atoms. The highest BCUT2D eigenvalue weighted by atomic mass is 32.2. The third kappa shape index (κ3) is 4.84. The number of halogens is 2. The minimum Gasteiger partial charge on any atom is -0.482 e. The van der Waals surface area contributed by atoms with Crippen molar-refractivity contribution < 1.29 is 23.0 Å². The number of benzene rings is 3. The summed E-state index contributed by atoms with van der Waals surface area (Å²) in [7, 11) is -1.01. The van der Waals surface area contributed by atoms with Gasteiger partial charge in [0.1, 0.15) is 23.0 Å². The van der Waals surface area contributed by atoms with Crippen LogP contribution in [0.1, 0.15) is 45.4 Å². The number of thiol groups is 1. The number of carbonyl (C=O) groups is 1. The topological polar surface area (TPSA) is 35.5 Å². The molecule has 4 aliphatic rings. The van der Waals surface area contributed by atoms with Crippen LogP contribution in [0, 0.1) is 35.3 Å². The monoisotopic (exact) mass is 536 g/mol. The number of carbonyl (C=O) groups excluding carboxylic acids is 1. The second-order valence-electron chi connectivity index (χ2n) is 11.2. The Morgan fingerprint density at radius 2 is 1.21 bits per heavy atom. The SMILES string of the molecule is CCC1(OC(=O)COc2ccc([SH](c3ccc(F)cc3)c3ccc(F)cc3)cc2)C2CC3CC(C2)CC1C3. The van der Waals surface area contributed by atoms with Crippen molar-refractivity contribution >= 4 is 16.9 Å². The maximum Gasteiger partial charge on any atom is 0.344 e. The zero-order valence-corrected chi connectivity index (χ0v) is 22.5. The maximum absolute atomic E-state index is 13.6. The zero-order valence-electron chi connectivity index (χ0n) is 21.6. The summed E-state index contributed by atoms with van der Waals surface area (Å²) in [5.41, 5.74) is -0.322. The number of rotatable bonds is 8. The van der Waals surface area contributed by atoms with Crippen molar-refractivity contribution in [3.8, 4) is 5.75 Å². The molecule has 4 aliphatic carbocycles. The molecule has 0 spiro atoms. The molecule has 3 aromatic rings. The molecule has 200 valence electrons. The van der Waals surface area contributed by atoms with Crippen molar-refractivity contribution in [2.45, 2.75) is 65.7 Å². The van der Waals surface area contributed by atoms with Gasteiger partial charge >= 0.3 is 5.97 Å². The molecule has 0 unspecified atom stereocenters. The van der Waals surface area contributed by atoms with Crippen LogP contribution in [0.3, 0.4) is 0 Å². The fraction of sp³-hybridized carbons (Fsp3) is 0.406. The third-order valence-electron chi connectivity index (χ3n) is 9.00. The molecular formula is C32H34F2O3S. The van der Waals surface area contributed by atoms with E-state index in [4.69, 9.17) is 9.47 Å². The predicted molar refractivity (Wildman–Crippen MR) is 145 cm³/mol. The highest BCUT2D eigenvalue weighted by molar-refractivity contribution is 8.17. The van der Waals surface area contributed by atoms with Crippen LogP contribution in [0.15, 0.2) is 87.5 Å². The van der Waals surface area contributed by atoms with Gasteiger partial charge in [-0.1, -0.05) is 6.92 Å². The molecule has 0 amide bonds. The first-order chi connectivity index (χ1) is 18.4. The zero-order chi connectivity index (χ0) is 26.3. The molecule has 0 radical (unpaired) electrons. The van der Waals surface area contributed by atoms with E-state index in [1.165, 1.54) is 56.4 Å². The lowest BCUT2D eigenvalue weighted by Crippen LogP contribution is -2.59. The fourth-order valence-corrected chi connectivity index (χ4v) is 9.74. The Hall–Kier alpha value is -2.86. The van der Waals surface area contributed by atoms with E-state index in [0.717, 1.165) is 32.9 Å². The number of hydrogen-bond donors (Lipinski definition) is 1. The van der Waals surface area contributed by atoms with Crippen LogP contribution < -0.4 is 4.74 Å². The van der Waals surface area contributed by atoms with Gasteiger partial charge in [-0.05, 0) is 150 Å². The van der Waals surface area contributed by atoms with E-state index >= 15 is 0 Å². The Kier molecular flexibility index (Phi) is 6.93. The Labute approximate surface area is 225 Å². The summed E-state index contributed by atoms with van der Waals surface area (Å²) in [6.07, 6.45) is 7.02. The van der Waals surface area contributed by atoms with Crippen LogP contribution in [0.2, 0.25) is 0 Å². The summed E-state index contributed by atoms with van der Waals surface area (Å²) in [6, 6.07) is 20.5. The highest BCUT2D eigenvalue weighted by Gasteiger charge is 2.58. The molecular weight excluding hydrogens is 502 g/mol. The van der Waals surface area contributed by atoms with Crippen molar-refractivity contribution in [3.05, 3.63) is 84.4 Å². The summed E-state index contributed by atoms with van der Waals surface area (Å²) < 4.78 is 39.3. The van der Waals surface area contributed by atoms with E-state index in [1.54, 1.807) is 24.3 Å². The minimum atomic E-state index is -1.01. The van der Waals surface area contributed by atoms with E-state index in [1.807, 2.05) is 24.3 Å². The molecule has 0 atom stereocenters. The summed E-state index contributed by atoms with van der Waals surface area (Å²) >= 11 is 0. The average Bonchev–Trinajstić information content (AvgIpc) is 2.92. The first-order valence-electron chi connectivity index (χ1n) is 13.7. The standard InChI is InChI=1S/C32H34F2O3S/c1-2-32(23-16-21-15-22(18-23)19-24(32)17-21)37-31(35)20-36-27-7-13-30(14-8-27)38(28-9-3-25(33)4-10-28)29-11-5-26(34)6-12-29/h3-14,21-24,38H,2,15-20H2,1H3. The van der Waals surface area contributed by atoms with Crippen molar-refractivity contribution in [3.63, 3.8) is 0 Å². The second-order valence-corrected chi connectivity index (χ2v) is 13.4. The van der Waals surface area contributed by atoms with Crippen LogP contribution in [-0.4, -0.2) is 18.2 Å². The molecule has 0 heterocycles. The van der Waals surface area contributed by atoms with Gasteiger partial charge in [0, 0.05) is 0 Å². The molecule has 6 heteroatoms. The van der Waals surface area contributed by atoms with Crippen LogP contribution in [-0.2, 0) is 9.53 Å². The molecule has 0 N–H and O–H groups in total.